The number of benzene rings is 7. The van der Waals surface area contributed by atoms with Gasteiger partial charge in [-0.25, -0.2) is 14.4 Å². The van der Waals surface area contributed by atoms with Crippen molar-refractivity contribution in [2.75, 3.05) is 11.1 Å². The van der Waals surface area contributed by atoms with Crippen molar-refractivity contribution in [3.8, 4) is 11.5 Å². The molecule has 22 nitrogen and oxygen atoms in total. The first kappa shape index (κ1) is 90.9. The molecule has 24 heteroatoms. The number of hydrogen-bond donors (Lipinski definition) is 9. The lowest BCUT2D eigenvalue weighted by Gasteiger charge is -2.24. The molecule has 7 aromatic carbocycles. The molecular weight excluding hydrogens is 1460 g/mol. The molecular formula is C83H101BrN2O20S. The number of non-ortho nitro benzene ring substituents is 1. The lowest BCUT2D eigenvalue weighted by molar-refractivity contribution is -0.384. The van der Waals surface area contributed by atoms with Gasteiger partial charge in [0.05, 0.1) is 21.4 Å². The molecule has 2 atom stereocenters. The number of fused-ring (bicyclic) bond motifs is 1. The maximum absolute atomic E-state index is 12.1. The number of aliphatic carboxylic acids is 5. The zero-order valence-electron chi connectivity index (χ0n) is 60.5. The van der Waals surface area contributed by atoms with Gasteiger partial charge in [0, 0.05) is 53.9 Å². The Morgan fingerprint density at radius 2 is 1.13 bits per heavy atom. The number of hydrogen-bond acceptors (Lipinski definition) is 14. The van der Waals surface area contributed by atoms with E-state index in [9.17, 15) is 62.3 Å². The number of Topliss-reactive ketones (excluding diaryl/α,β-unsaturated/α-hetero) is 1. The Morgan fingerprint density at radius 1 is 0.617 bits per heavy atom. The summed E-state index contributed by atoms with van der Waals surface area (Å²) >= 11 is 3.48. The number of anilines is 1. The molecule has 0 saturated carbocycles. The van der Waals surface area contributed by atoms with Crippen LogP contribution in [0.1, 0.15) is 215 Å². The minimum Gasteiger partial charge on any atom is -0.505 e. The van der Waals surface area contributed by atoms with Crippen LogP contribution in [0.5, 0.6) is 11.5 Å². The summed E-state index contributed by atoms with van der Waals surface area (Å²) in [7, 11) is -4.55. The van der Waals surface area contributed by atoms with Crippen LogP contribution in [-0.2, 0) is 53.5 Å². The SMILES string of the molecule is CCC(=Cc1cccc([N+](=O)[O-])c1)C(=O)O.Nc1cc(S(=O)(=O)O)cc(C(=O)O)c1O.O=C(CC(C(=O)O)c1ccccc1)c1ccccc1.O=C(O)C=Cc1ccc(OCc2ccccc2)cc1.O=C(O)CCCC1CCc2ccccc2C1.O=C(O)CCCCCCCCCCCCCCCCCCBr. The van der Waals surface area contributed by atoms with E-state index in [1.165, 1.54) is 132 Å². The summed E-state index contributed by atoms with van der Waals surface area (Å²) in [6.45, 7) is 2.24. The Bertz CT molecular complexity index is 4020. The van der Waals surface area contributed by atoms with E-state index in [1.54, 1.807) is 67.6 Å². The number of carboxylic acid groups (broad SMARTS) is 6. The molecule has 10 N–H and O–H groups in total. The van der Waals surface area contributed by atoms with Crippen molar-refractivity contribution in [1.29, 1.82) is 0 Å². The average Bonchev–Trinajstić information content (AvgIpc) is 0.812. The number of aromatic hydroxyl groups is 1. The Balaban J connectivity index is 0.000000334. The van der Waals surface area contributed by atoms with Gasteiger partial charge < -0.3 is 46.2 Å². The number of phenols is 1. The molecule has 107 heavy (non-hydrogen) atoms. The highest BCUT2D eigenvalue weighted by atomic mass is 79.9. The van der Waals surface area contributed by atoms with Crippen molar-refractivity contribution in [2.24, 2.45) is 5.92 Å². The summed E-state index contributed by atoms with van der Waals surface area (Å²) in [6, 6.07) is 50.7. The normalized spacial score (nSPS) is 12.3. The summed E-state index contributed by atoms with van der Waals surface area (Å²) in [5.41, 5.74) is 10.8. The number of nitro groups is 1. The number of nitrogens with zero attached hydrogens (tertiary/aromatic N) is 1. The van der Waals surface area contributed by atoms with E-state index in [1.807, 2.05) is 66.7 Å². The molecule has 0 spiro atoms. The van der Waals surface area contributed by atoms with Crippen LogP contribution in [0.3, 0.4) is 0 Å². The van der Waals surface area contributed by atoms with Crippen LogP contribution in [0.2, 0.25) is 0 Å². The predicted molar refractivity (Wildman–Crippen MR) is 418 cm³/mol. The molecule has 1 aliphatic rings. The first-order valence-corrected chi connectivity index (χ1v) is 38.4. The standard InChI is InChI=1S/C19H37BrO2.2C16H14O3.C14H18O2.C11H11NO4.C7H7NO6S/c20-18-16-14-12-10-8-6-4-2-1-3-5-7-9-11-13-15-17-19(21)22;17-15(13-9-5-2-6-10-13)11-14(16(18)19)12-7-3-1-4-8-12;17-16(18)11-8-13-6-9-15(10-7-13)19-12-14-4-2-1-3-5-14;15-14(16)7-3-4-11-8-9-12-5-1-2-6-13(12)10-11;1-2-9(11(13)14)6-8-4-3-5-10(7-8)12(15)16;8-5-2-3(15(12,13)14)1-4(6(5)9)7(10)11/h1-18H2,(H,21,22);1-10,14H,11H2,(H,18,19);1-11H,12H2,(H,17,18);1-2,5-6,11H,3-4,7-10H2,(H,15,16);3-7H,2H2,1H3,(H,13,14);1-2,9H,8H2,(H,10,11)(H,12,13,14). The number of carbonyl (C=O) groups excluding carboxylic acids is 1. The number of unbranched alkanes of at least 4 members (excludes halogenated alkanes) is 15. The lowest BCUT2D eigenvalue weighted by Crippen LogP contribution is -2.16. The van der Waals surface area contributed by atoms with Crippen LogP contribution in [0.15, 0.2) is 192 Å². The summed E-state index contributed by atoms with van der Waals surface area (Å²) in [5, 5.41) is 73.2. The number of alkyl halides is 1. The molecule has 0 aromatic heterocycles. The van der Waals surface area contributed by atoms with Crippen molar-refractivity contribution >= 4 is 91.2 Å². The zero-order valence-corrected chi connectivity index (χ0v) is 62.9. The monoisotopic (exact) mass is 1560 g/mol. The minimum atomic E-state index is -4.55. The summed E-state index contributed by atoms with van der Waals surface area (Å²) in [6.07, 6.45) is 31.7. The lowest BCUT2D eigenvalue weighted by atomic mass is 9.81. The van der Waals surface area contributed by atoms with Crippen molar-refractivity contribution in [3.63, 3.8) is 0 Å². The number of carboxylic acids is 6. The number of rotatable bonds is 38. The average molecular weight is 1560 g/mol. The third-order valence-corrected chi connectivity index (χ3v) is 18.4. The summed E-state index contributed by atoms with van der Waals surface area (Å²) in [4.78, 5) is 85.2. The molecule has 0 saturated heterocycles. The number of halogens is 1. The summed E-state index contributed by atoms with van der Waals surface area (Å²) in [5.74, 6) is -6.06. The molecule has 576 valence electrons. The smallest absolute Gasteiger partial charge is 0.339 e. The topological polar surface area (TPSA) is 394 Å². The first-order chi connectivity index (χ1) is 51.2. The van der Waals surface area contributed by atoms with Gasteiger partial charge in [0.1, 0.15) is 17.9 Å². The molecule has 8 rings (SSSR count). The van der Waals surface area contributed by atoms with Gasteiger partial charge in [-0.1, -0.05) is 252 Å². The van der Waals surface area contributed by atoms with Gasteiger partial charge in [0.2, 0.25) is 0 Å². The van der Waals surface area contributed by atoms with Crippen LogP contribution >= 0.6 is 15.9 Å². The highest BCUT2D eigenvalue weighted by molar-refractivity contribution is 9.09. The van der Waals surface area contributed by atoms with Gasteiger partial charge in [-0.3, -0.25) is 33.8 Å². The second kappa shape index (κ2) is 52.6. The van der Waals surface area contributed by atoms with E-state index in [2.05, 4.69) is 40.2 Å². The highest BCUT2D eigenvalue weighted by Gasteiger charge is 2.24. The number of nitrogen functional groups attached to an aromatic ring is 1. The maximum Gasteiger partial charge on any atom is 0.339 e. The Labute approximate surface area is 635 Å². The Kier molecular flexibility index (Phi) is 44.7. The van der Waals surface area contributed by atoms with E-state index in [4.69, 9.17) is 40.6 Å². The molecule has 2 unspecified atom stereocenters. The van der Waals surface area contributed by atoms with Crippen LogP contribution in [-0.4, -0.2) is 101 Å². The fraction of sp³-hybridized carbons (Fsp3) is 0.361. The Morgan fingerprint density at radius 3 is 1.63 bits per heavy atom. The summed E-state index contributed by atoms with van der Waals surface area (Å²) < 4.78 is 35.7. The largest absolute Gasteiger partial charge is 0.505 e. The zero-order chi connectivity index (χ0) is 78.8. The molecule has 0 aliphatic heterocycles. The molecule has 0 amide bonds. The van der Waals surface area contributed by atoms with Gasteiger partial charge in [0.15, 0.2) is 11.5 Å². The molecule has 7 aromatic rings. The number of carbonyl (C=O) groups is 7. The van der Waals surface area contributed by atoms with E-state index in [0.717, 1.165) is 72.9 Å². The molecule has 1 aliphatic carbocycles. The third kappa shape index (κ3) is 40.1. The maximum atomic E-state index is 12.1. The molecule has 0 radical (unpaired) electrons. The molecule has 0 fully saturated rings. The number of ether oxygens (including phenoxy) is 1. The van der Waals surface area contributed by atoms with E-state index in [0.29, 0.717) is 54.5 Å². The predicted octanol–water partition coefficient (Wildman–Crippen LogP) is 19.0. The first-order valence-electron chi connectivity index (χ1n) is 35.8. The van der Waals surface area contributed by atoms with Gasteiger partial charge in [-0.2, -0.15) is 8.42 Å². The Hall–Kier alpha value is -10.3. The second-order valence-corrected chi connectivity index (χ2v) is 27.5. The molecule has 0 heterocycles. The fourth-order valence-corrected chi connectivity index (χ4v) is 12.1. The van der Waals surface area contributed by atoms with Crippen molar-refractivity contribution in [3.05, 3.63) is 242 Å². The third-order valence-electron chi connectivity index (χ3n) is 17.0. The van der Waals surface area contributed by atoms with Gasteiger partial charge in [-0.15, -0.1) is 0 Å². The highest BCUT2D eigenvalue weighted by Crippen LogP contribution is 2.31. The number of aryl methyl sites for hydroxylation is 1. The van der Waals surface area contributed by atoms with Crippen LogP contribution in [0.25, 0.3) is 12.2 Å². The van der Waals surface area contributed by atoms with Gasteiger partial charge in [0.25, 0.3) is 15.8 Å². The quantitative estimate of drug-likeness (QED) is 0.00200. The van der Waals surface area contributed by atoms with E-state index >= 15 is 0 Å². The molecule has 0 bridgehead atoms. The van der Waals surface area contributed by atoms with E-state index < -0.39 is 78.7 Å². The van der Waals surface area contributed by atoms with Gasteiger partial charge in [-0.05, 0) is 127 Å². The fourth-order valence-electron chi connectivity index (χ4n) is 11.1. The number of aromatic carboxylic acids is 1. The number of nitrogens with two attached hydrogens (primary N) is 1. The number of nitro benzene ring substituents is 1. The van der Waals surface area contributed by atoms with Gasteiger partial charge >= 0.3 is 35.8 Å². The minimum absolute atomic E-state index is 0.0244. The van der Waals surface area contributed by atoms with Crippen LogP contribution in [0.4, 0.5) is 11.4 Å². The van der Waals surface area contributed by atoms with E-state index in [-0.39, 0.29) is 23.5 Å². The van der Waals surface area contributed by atoms with Crippen LogP contribution < -0.4 is 10.5 Å². The van der Waals surface area contributed by atoms with Crippen LogP contribution in [0, 0.1) is 16.0 Å². The number of ketones is 1. The van der Waals surface area contributed by atoms with Crippen molar-refractivity contribution in [2.45, 2.75) is 185 Å². The van der Waals surface area contributed by atoms with Crippen molar-refractivity contribution < 1.29 is 91.9 Å². The van der Waals surface area contributed by atoms with Crippen molar-refractivity contribution in [1.82, 2.24) is 0 Å². The second-order valence-electron chi connectivity index (χ2n) is 25.3.